The van der Waals surface area contributed by atoms with Gasteiger partial charge in [0.1, 0.15) is 0 Å². The van der Waals surface area contributed by atoms with E-state index >= 15 is 0 Å². The van der Waals surface area contributed by atoms with Crippen molar-refractivity contribution in [3.63, 3.8) is 0 Å². The third kappa shape index (κ3) is 3.71. The van der Waals surface area contributed by atoms with Crippen LogP contribution in [0.4, 0.5) is 0 Å². The first-order valence-electron chi connectivity index (χ1n) is 6.27. The smallest absolute Gasteiger partial charge is 0.165 e. The molecule has 0 N–H and O–H groups in total. The molecule has 1 rings (SSSR count). The van der Waals surface area contributed by atoms with Gasteiger partial charge in [0.05, 0.1) is 11.6 Å². The van der Waals surface area contributed by atoms with Crippen LogP contribution in [0.5, 0.6) is 0 Å². The van der Waals surface area contributed by atoms with Crippen molar-refractivity contribution in [2.24, 2.45) is 5.92 Å². The Morgan fingerprint density at radius 3 is 2.12 bits per heavy atom. The third-order valence-corrected chi connectivity index (χ3v) is 2.94. The summed E-state index contributed by atoms with van der Waals surface area (Å²) >= 11 is 0. The molecule has 1 aromatic carbocycles. The van der Waals surface area contributed by atoms with Crippen LogP contribution in [0, 0.1) is 17.2 Å². The number of ketones is 1. The van der Waals surface area contributed by atoms with E-state index < -0.39 is 0 Å². The summed E-state index contributed by atoms with van der Waals surface area (Å²) in [6.45, 7) is 4.21. The summed E-state index contributed by atoms with van der Waals surface area (Å²) in [5.74, 6) is 0.358. The predicted molar refractivity (Wildman–Crippen MR) is 68.8 cm³/mol. The molecule has 17 heavy (non-hydrogen) atoms. The zero-order valence-corrected chi connectivity index (χ0v) is 10.6. The standard InChI is InChI=1S/C15H19NO/c1-3-5-13(6-4-2)15(17)14-9-7-12(11-16)8-10-14/h7-10,13H,3-6H2,1-2H3. The van der Waals surface area contributed by atoms with Gasteiger partial charge in [-0.25, -0.2) is 0 Å². The molecule has 0 unspecified atom stereocenters. The number of hydrogen-bond donors (Lipinski definition) is 0. The lowest BCUT2D eigenvalue weighted by molar-refractivity contribution is 0.0905. The van der Waals surface area contributed by atoms with Crippen molar-refractivity contribution in [2.45, 2.75) is 39.5 Å². The fourth-order valence-corrected chi connectivity index (χ4v) is 2.05. The van der Waals surface area contributed by atoms with Gasteiger partial charge in [-0.15, -0.1) is 0 Å². The maximum Gasteiger partial charge on any atom is 0.165 e. The summed E-state index contributed by atoms with van der Waals surface area (Å²) in [6.07, 6.45) is 3.97. The van der Waals surface area contributed by atoms with Crippen molar-refractivity contribution in [3.05, 3.63) is 35.4 Å². The van der Waals surface area contributed by atoms with Crippen molar-refractivity contribution in [1.82, 2.24) is 0 Å². The molecule has 0 radical (unpaired) electrons. The zero-order chi connectivity index (χ0) is 12.7. The van der Waals surface area contributed by atoms with Gasteiger partial charge in [0.2, 0.25) is 0 Å². The predicted octanol–water partition coefficient (Wildman–Crippen LogP) is 3.96. The fourth-order valence-electron chi connectivity index (χ4n) is 2.05. The number of carbonyl (C=O) groups excluding carboxylic acids is 1. The van der Waals surface area contributed by atoms with Crippen LogP contribution < -0.4 is 0 Å². The van der Waals surface area contributed by atoms with E-state index in [0.717, 1.165) is 31.2 Å². The molecule has 0 aliphatic rings. The minimum absolute atomic E-state index is 0.137. The molecule has 0 amide bonds. The summed E-state index contributed by atoms with van der Waals surface area (Å²) in [4.78, 5) is 12.2. The Labute approximate surface area is 103 Å². The second-order valence-corrected chi connectivity index (χ2v) is 4.33. The Kier molecular flexibility index (Phi) is 5.42. The second kappa shape index (κ2) is 6.85. The fraction of sp³-hybridized carbons (Fsp3) is 0.467. The molecule has 2 nitrogen and oxygen atoms in total. The molecule has 1 aromatic rings. The first-order valence-corrected chi connectivity index (χ1v) is 6.27. The van der Waals surface area contributed by atoms with Gasteiger partial charge >= 0.3 is 0 Å². The van der Waals surface area contributed by atoms with E-state index in [0.29, 0.717) is 5.56 Å². The first-order chi connectivity index (χ1) is 8.22. The molecule has 0 saturated heterocycles. The molecule has 90 valence electrons. The molecular weight excluding hydrogens is 210 g/mol. The van der Waals surface area contributed by atoms with Gasteiger partial charge in [0.15, 0.2) is 5.78 Å². The van der Waals surface area contributed by atoms with Crippen LogP contribution in [-0.4, -0.2) is 5.78 Å². The van der Waals surface area contributed by atoms with Crippen molar-refractivity contribution in [3.8, 4) is 6.07 Å². The van der Waals surface area contributed by atoms with Gasteiger partial charge in [0.25, 0.3) is 0 Å². The van der Waals surface area contributed by atoms with Crippen LogP contribution in [0.1, 0.15) is 55.5 Å². The summed E-state index contributed by atoms with van der Waals surface area (Å²) in [5.41, 5.74) is 1.33. The van der Waals surface area contributed by atoms with Gasteiger partial charge < -0.3 is 0 Å². The van der Waals surface area contributed by atoms with E-state index in [-0.39, 0.29) is 11.7 Å². The van der Waals surface area contributed by atoms with Crippen molar-refractivity contribution in [1.29, 1.82) is 5.26 Å². The van der Waals surface area contributed by atoms with E-state index in [1.54, 1.807) is 24.3 Å². The molecule has 0 aliphatic carbocycles. The largest absolute Gasteiger partial charge is 0.294 e. The lowest BCUT2D eigenvalue weighted by atomic mass is 9.89. The molecule has 0 bridgehead atoms. The van der Waals surface area contributed by atoms with Crippen LogP contribution >= 0.6 is 0 Å². The summed E-state index contributed by atoms with van der Waals surface area (Å²) in [7, 11) is 0. The number of nitrogens with zero attached hydrogens (tertiary/aromatic N) is 1. The average Bonchev–Trinajstić information content (AvgIpc) is 2.38. The molecule has 0 atom stereocenters. The monoisotopic (exact) mass is 229 g/mol. The van der Waals surface area contributed by atoms with E-state index in [1.807, 2.05) is 0 Å². The lowest BCUT2D eigenvalue weighted by Gasteiger charge is -2.13. The van der Waals surface area contributed by atoms with Gasteiger partial charge in [-0.1, -0.05) is 38.8 Å². The second-order valence-electron chi connectivity index (χ2n) is 4.33. The topological polar surface area (TPSA) is 40.9 Å². The third-order valence-electron chi connectivity index (χ3n) is 2.94. The average molecular weight is 229 g/mol. The highest BCUT2D eigenvalue weighted by Crippen LogP contribution is 2.19. The van der Waals surface area contributed by atoms with Crippen LogP contribution in [0.25, 0.3) is 0 Å². The zero-order valence-electron chi connectivity index (χ0n) is 10.6. The van der Waals surface area contributed by atoms with Crippen LogP contribution in [-0.2, 0) is 0 Å². The quantitative estimate of drug-likeness (QED) is 0.693. The Balaban J connectivity index is 2.81. The highest BCUT2D eigenvalue weighted by atomic mass is 16.1. The van der Waals surface area contributed by atoms with Gasteiger partial charge in [-0.05, 0) is 25.0 Å². The van der Waals surface area contributed by atoms with Gasteiger partial charge in [0, 0.05) is 11.5 Å². The number of hydrogen-bond acceptors (Lipinski definition) is 2. The molecule has 0 saturated carbocycles. The minimum atomic E-state index is 0.137. The van der Waals surface area contributed by atoms with E-state index in [4.69, 9.17) is 5.26 Å². The van der Waals surface area contributed by atoms with Crippen molar-refractivity contribution < 1.29 is 4.79 Å². The number of benzene rings is 1. The molecule has 0 heterocycles. The molecule has 0 aromatic heterocycles. The molecule has 0 fully saturated rings. The minimum Gasteiger partial charge on any atom is -0.294 e. The SMILES string of the molecule is CCCC(CCC)C(=O)c1ccc(C#N)cc1. The van der Waals surface area contributed by atoms with Crippen LogP contribution in [0.2, 0.25) is 0 Å². The Morgan fingerprint density at radius 2 is 1.71 bits per heavy atom. The Bertz CT molecular complexity index is 394. The highest BCUT2D eigenvalue weighted by Gasteiger charge is 2.18. The van der Waals surface area contributed by atoms with Crippen molar-refractivity contribution >= 4 is 5.78 Å². The maximum atomic E-state index is 12.2. The van der Waals surface area contributed by atoms with Gasteiger partial charge in [-0.3, -0.25) is 4.79 Å². The number of rotatable bonds is 6. The van der Waals surface area contributed by atoms with E-state index in [1.165, 1.54) is 0 Å². The summed E-state index contributed by atoms with van der Waals surface area (Å²) in [5, 5.41) is 8.71. The van der Waals surface area contributed by atoms with E-state index in [2.05, 4.69) is 19.9 Å². The maximum absolute atomic E-state index is 12.2. The Hall–Kier alpha value is -1.62. The number of nitriles is 1. The highest BCUT2D eigenvalue weighted by molar-refractivity contribution is 5.97. The molecule has 0 aliphatic heterocycles. The normalized spacial score (nSPS) is 10.2. The van der Waals surface area contributed by atoms with Gasteiger partial charge in [-0.2, -0.15) is 5.26 Å². The number of Topliss-reactive ketones (excluding diaryl/α,β-unsaturated/α-hetero) is 1. The first kappa shape index (κ1) is 13.4. The van der Waals surface area contributed by atoms with Crippen LogP contribution in [0.15, 0.2) is 24.3 Å². The van der Waals surface area contributed by atoms with Crippen molar-refractivity contribution in [2.75, 3.05) is 0 Å². The van der Waals surface area contributed by atoms with Crippen LogP contribution in [0.3, 0.4) is 0 Å². The molecular formula is C15H19NO. The Morgan fingerprint density at radius 1 is 1.18 bits per heavy atom. The summed E-state index contributed by atoms with van der Waals surface area (Å²) < 4.78 is 0. The summed E-state index contributed by atoms with van der Waals surface area (Å²) in [6, 6.07) is 9.01. The van der Waals surface area contributed by atoms with E-state index in [9.17, 15) is 4.79 Å². The molecule has 0 spiro atoms. The number of carbonyl (C=O) groups is 1. The lowest BCUT2D eigenvalue weighted by Crippen LogP contribution is -2.14. The molecule has 2 heteroatoms.